The molecule has 1 aliphatic rings. The monoisotopic (exact) mass is 338 g/mol. The number of anilines is 1. The number of carboxylic acid groups (broad SMARTS) is 1. The summed E-state index contributed by atoms with van der Waals surface area (Å²) in [6, 6.07) is 9.75. The molecule has 2 aromatic heterocycles. The molecule has 0 amide bonds. The summed E-state index contributed by atoms with van der Waals surface area (Å²) in [5.74, 6) is -1.43. The van der Waals surface area contributed by atoms with Gasteiger partial charge in [0.2, 0.25) is 0 Å². The molecule has 0 aliphatic carbocycles. The predicted octanol–water partition coefficient (Wildman–Crippen LogP) is 3.19. The molecule has 7 heteroatoms. The molecule has 0 bridgehead atoms. The van der Waals surface area contributed by atoms with E-state index in [4.69, 9.17) is 0 Å². The van der Waals surface area contributed by atoms with Crippen LogP contribution in [0.15, 0.2) is 48.9 Å². The Hall–Kier alpha value is -3.22. The van der Waals surface area contributed by atoms with Crippen LogP contribution in [0.1, 0.15) is 34.8 Å². The van der Waals surface area contributed by atoms with Crippen LogP contribution in [0.5, 0.6) is 0 Å². The zero-order chi connectivity index (χ0) is 17.6. The summed E-state index contributed by atoms with van der Waals surface area (Å²) in [6.07, 6.45) is 3.17. The van der Waals surface area contributed by atoms with Crippen molar-refractivity contribution in [3.8, 4) is 5.69 Å². The van der Waals surface area contributed by atoms with Crippen LogP contribution in [0.2, 0.25) is 0 Å². The van der Waals surface area contributed by atoms with Crippen LogP contribution >= 0.6 is 0 Å². The maximum absolute atomic E-state index is 13.9. The van der Waals surface area contributed by atoms with Gasteiger partial charge in [0.15, 0.2) is 5.69 Å². The minimum absolute atomic E-state index is 0.00787. The molecular formula is C18H15FN4O2. The minimum Gasteiger partial charge on any atom is -0.476 e. The van der Waals surface area contributed by atoms with Crippen LogP contribution < -0.4 is 4.90 Å². The number of fused-ring (bicyclic) bond motifs is 3. The molecule has 0 saturated carbocycles. The minimum atomic E-state index is -1.08. The van der Waals surface area contributed by atoms with Crippen LogP contribution in [-0.4, -0.2) is 25.6 Å². The fourth-order valence-electron chi connectivity index (χ4n) is 3.29. The first-order chi connectivity index (χ1) is 12.1. The molecule has 1 aromatic carbocycles. The first-order valence-electron chi connectivity index (χ1n) is 7.83. The first kappa shape index (κ1) is 15.3. The molecule has 25 heavy (non-hydrogen) atoms. The Morgan fingerprint density at radius 2 is 2.08 bits per heavy atom. The normalized spacial score (nSPS) is 15.6. The highest BCUT2D eigenvalue weighted by Gasteiger charge is 2.33. The van der Waals surface area contributed by atoms with E-state index in [2.05, 4.69) is 9.97 Å². The molecule has 3 aromatic rings. The van der Waals surface area contributed by atoms with Crippen LogP contribution in [-0.2, 0) is 6.54 Å². The van der Waals surface area contributed by atoms with E-state index >= 15 is 0 Å². The lowest BCUT2D eigenvalue weighted by Gasteiger charge is -2.37. The largest absolute Gasteiger partial charge is 0.476 e. The number of nitrogens with zero attached hydrogens (tertiary/aromatic N) is 4. The highest BCUT2D eigenvalue weighted by molar-refractivity contribution is 5.88. The number of pyridine rings is 1. The molecule has 126 valence electrons. The van der Waals surface area contributed by atoms with Crippen molar-refractivity contribution in [2.75, 3.05) is 4.90 Å². The summed E-state index contributed by atoms with van der Waals surface area (Å²) in [5, 5.41) is 9.45. The van der Waals surface area contributed by atoms with E-state index in [9.17, 15) is 14.3 Å². The SMILES string of the molecule is CC1c2c(C(=O)O)ncn2-c2ccc(F)cc2N1Cc1ccccn1. The lowest BCUT2D eigenvalue weighted by Crippen LogP contribution is -2.33. The van der Waals surface area contributed by atoms with Gasteiger partial charge in [-0.25, -0.2) is 14.2 Å². The van der Waals surface area contributed by atoms with Crippen LogP contribution in [0.4, 0.5) is 10.1 Å². The second-order valence-electron chi connectivity index (χ2n) is 5.91. The van der Waals surface area contributed by atoms with Gasteiger partial charge in [-0.3, -0.25) is 9.55 Å². The van der Waals surface area contributed by atoms with E-state index in [1.54, 1.807) is 16.8 Å². The highest BCUT2D eigenvalue weighted by atomic mass is 19.1. The maximum Gasteiger partial charge on any atom is 0.356 e. The Morgan fingerprint density at radius 1 is 1.24 bits per heavy atom. The van der Waals surface area contributed by atoms with Gasteiger partial charge in [-0.05, 0) is 37.3 Å². The summed E-state index contributed by atoms with van der Waals surface area (Å²) in [4.78, 5) is 21.9. The van der Waals surface area contributed by atoms with Crippen molar-refractivity contribution >= 4 is 11.7 Å². The van der Waals surface area contributed by atoms with Gasteiger partial charge < -0.3 is 10.0 Å². The third kappa shape index (κ3) is 2.44. The van der Waals surface area contributed by atoms with Crippen molar-refractivity contribution in [1.29, 1.82) is 0 Å². The number of aromatic carboxylic acids is 1. The molecule has 1 atom stereocenters. The molecule has 4 rings (SSSR count). The zero-order valence-corrected chi connectivity index (χ0v) is 13.4. The van der Waals surface area contributed by atoms with Crippen molar-refractivity contribution in [2.24, 2.45) is 0 Å². The number of carbonyl (C=O) groups is 1. The number of aromatic nitrogens is 3. The molecule has 0 fully saturated rings. The van der Waals surface area contributed by atoms with E-state index in [1.807, 2.05) is 30.0 Å². The van der Waals surface area contributed by atoms with Crippen LogP contribution in [0.25, 0.3) is 5.69 Å². The molecule has 1 N–H and O–H groups in total. The Kier molecular flexibility index (Phi) is 3.49. The number of hydrogen-bond acceptors (Lipinski definition) is 4. The Labute approximate surface area is 143 Å². The van der Waals surface area contributed by atoms with Gasteiger partial charge in [0.05, 0.1) is 35.3 Å². The quantitative estimate of drug-likeness (QED) is 0.794. The second kappa shape index (κ2) is 5.70. The number of benzene rings is 1. The molecular weight excluding hydrogens is 323 g/mol. The van der Waals surface area contributed by atoms with Crippen LogP contribution in [0, 0.1) is 5.82 Å². The maximum atomic E-state index is 13.9. The van der Waals surface area contributed by atoms with E-state index in [-0.39, 0.29) is 17.6 Å². The first-order valence-corrected chi connectivity index (χ1v) is 7.83. The zero-order valence-electron chi connectivity index (χ0n) is 13.4. The van der Waals surface area contributed by atoms with Gasteiger partial charge in [-0.15, -0.1) is 0 Å². The predicted molar refractivity (Wildman–Crippen MR) is 89.3 cm³/mol. The van der Waals surface area contributed by atoms with Crippen molar-refractivity contribution in [3.63, 3.8) is 0 Å². The van der Waals surface area contributed by atoms with Gasteiger partial charge in [-0.1, -0.05) is 6.07 Å². The number of rotatable bonds is 3. The molecule has 0 spiro atoms. The fourth-order valence-corrected chi connectivity index (χ4v) is 3.29. The summed E-state index contributed by atoms with van der Waals surface area (Å²) in [5.41, 5.74) is 2.77. The number of carboxylic acids is 1. The number of imidazole rings is 1. The van der Waals surface area contributed by atoms with Crippen molar-refractivity contribution in [1.82, 2.24) is 14.5 Å². The van der Waals surface area contributed by atoms with E-state index in [0.717, 1.165) is 5.69 Å². The van der Waals surface area contributed by atoms with Crippen molar-refractivity contribution in [2.45, 2.75) is 19.5 Å². The van der Waals surface area contributed by atoms with Gasteiger partial charge in [0, 0.05) is 6.20 Å². The standard InChI is InChI=1S/C18H15FN4O2/c1-11-17-16(18(24)25)21-10-23(17)14-6-5-12(19)8-15(14)22(11)9-13-4-2-3-7-20-13/h2-8,10-11H,9H2,1H3,(H,24,25). The Morgan fingerprint density at radius 3 is 2.80 bits per heavy atom. The molecule has 0 radical (unpaired) electrons. The third-order valence-electron chi connectivity index (χ3n) is 4.44. The summed E-state index contributed by atoms with van der Waals surface area (Å²) in [7, 11) is 0. The summed E-state index contributed by atoms with van der Waals surface area (Å²) in [6.45, 7) is 2.32. The average molecular weight is 338 g/mol. The van der Waals surface area contributed by atoms with Crippen LogP contribution in [0.3, 0.4) is 0 Å². The molecule has 1 unspecified atom stereocenters. The topological polar surface area (TPSA) is 71.2 Å². The van der Waals surface area contributed by atoms with Crippen molar-refractivity contribution < 1.29 is 14.3 Å². The smallest absolute Gasteiger partial charge is 0.356 e. The summed E-state index contributed by atoms with van der Waals surface area (Å²) >= 11 is 0. The molecule has 0 saturated heterocycles. The van der Waals surface area contributed by atoms with E-state index < -0.39 is 5.97 Å². The van der Waals surface area contributed by atoms with Gasteiger partial charge >= 0.3 is 5.97 Å². The average Bonchev–Trinajstić information content (AvgIpc) is 3.05. The summed E-state index contributed by atoms with van der Waals surface area (Å²) < 4.78 is 15.6. The Balaban J connectivity index is 1.89. The number of hydrogen-bond donors (Lipinski definition) is 1. The second-order valence-corrected chi connectivity index (χ2v) is 5.91. The van der Waals surface area contributed by atoms with E-state index in [1.165, 1.54) is 18.5 Å². The lowest BCUT2D eigenvalue weighted by atomic mass is 10.0. The van der Waals surface area contributed by atoms with E-state index in [0.29, 0.717) is 23.6 Å². The number of halogens is 1. The van der Waals surface area contributed by atoms with Crippen molar-refractivity contribution in [3.05, 3.63) is 71.8 Å². The van der Waals surface area contributed by atoms with Gasteiger partial charge in [0.25, 0.3) is 0 Å². The lowest BCUT2D eigenvalue weighted by molar-refractivity contribution is 0.0689. The third-order valence-corrected chi connectivity index (χ3v) is 4.44. The molecule has 1 aliphatic heterocycles. The van der Waals surface area contributed by atoms with Gasteiger partial charge in [0.1, 0.15) is 12.1 Å². The molecule has 6 nitrogen and oxygen atoms in total. The fraction of sp³-hybridized carbons (Fsp3) is 0.167. The van der Waals surface area contributed by atoms with Gasteiger partial charge in [-0.2, -0.15) is 0 Å². The molecule has 3 heterocycles. The highest BCUT2D eigenvalue weighted by Crippen LogP contribution is 2.40. The Bertz CT molecular complexity index is 955.